The van der Waals surface area contributed by atoms with Crippen LogP contribution in [0.1, 0.15) is 11.1 Å². The third-order valence-corrected chi connectivity index (χ3v) is 5.15. The lowest BCUT2D eigenvalue weighted by Gasteiger charge is -2.07. The molecule has 0 amide bonds. The fourth-order valence-corrected chi connectivity index (χ4v) is 3.60. The molecule has 162 valence electrons. The summed E-state index contributed by atoms with van der Waals surface area (Å²) >= 11 is 0. The number of phenolic OH excluding ortho intramolecular Hbond substituents is 1. The Morgan fingerprint density at radius 1 is 1.06 bits per heavy atom. The molecule has 2 aromatic heterocycles. The van der Waals surface area contributed by atoms with Crippen LogP contribution in [0.25, 0.3) is 22.1 Å². The maximum absolute atomic E-state index is 11.0. The number of hydrogen-bond acceptors (Lipinski definition) is 8. The molecule has 5 rings (SSSR count). The number of aromatic nitrogens is 4. The van der Waals surface area contributed by atoms with Gasteiger partial charge in [-0.1, -0.05) is 48.5 Å². The number of fused-ring (bicyclic) bond motifs is 3. The number of nitro groups is 1. The van der Waals surface area contributed by atoms with Crippen molar-refractivity contribution in [1.29, 1.82) is 0 Å². The third-order valence-electron chi connectivity index (χ3n) is 5.15. The molecule has 0 bridgehead atoms. The van der Waals surface area contributed by atoms with Crippen LogP contribution < -0.4 is 5.43 Å². The summed E-state index contributed by atoms with van der Waals surface area (Å²) in [6, 6.07) is 21.6. The van der Waals surface area contributed by atoms with E-state index in [2.05, 4.69) is 30.3 Å². The predicted molar refractivity (Wildman–Crippen MR) is 124 cm³/mol. The number of rotatable bonds is 6. The SMILES string of the molecule is O=[N+]([O-])c1ccc(O)c(/C=N\Nc2nnc3c4ccccc4n(Cc4ccccc4)c3n2)c1. The Morgan fingerprint density at radius 3 is 2.67 bits per heavy atom. The number of para-hydroxylation sites is 1. The van der Waals surface area contributed by atoms with Crippen LogP contribution in [0, 0.1) is 10.1 Å². The van der Waals surface area contributed by atoms with Gasteiger partial charge in [-0.3, -0.25) is 10.1 Å². The van der Waals surface area contributed by atoms with Crippen LogP contribution in [0.5, 0.6) is 5.75 Å². The Balaban J connectivity index is 1.50. The largest absolute Gasteiger partial charge is 0.507 e. The molecule has 0 saturated carbocycles. The zero-order chi connectivity index (χ0) is 22.8. The summed E-state index contributed by atoms with van der Waals surface area (Å²) in [5.74, 6) is 0.0180. The molecule has 0 radical (unpaired) electrons. The van der Waals surface area contributed by atoms with Crippen LogP contribution in [0.3, 0.4) is 0 Å². The number of hydrogen-bond donors (Lipinski definition) is 2. The number of non-ortho nitro benzene ring substituents is 1. The van der Waals surface area contributed by atoms with Gasteiger partial charge in [0, 0.05) is 29.6 Å². The number of nitrogens with one attached hydrogen (secondary N) is 1. The fraction of sp³-hybridized carbons (Fsp3) is 0.0435. The highest BCUT2D eigenvalue weighted by molar-refractivity contribution is 6.04. The molecule has 0 aliphatic heterocycles. The molecule has 10 nitrogen and oxygen atoms in total. The predicted octanol–water partition coefficient (Wildman–Crippen LogP) is 4.09. The Labute approximate surface area is 187 Å². The quantitative estimate of drug-likeness (QED) is 0.231. The highest BCUT2D eigenvalue weighted by atomic mass is 16.6. The van der Waals surface area contributed by atoms with Crippen molar-refractivity contribution in [3.8, 4) is 5.75 Å². The number of nitrogens with zero attached hydrogens (tertiary/aromatic N) is 6. The summed E-state index contributed by atoms with van der Waals surface area (Å²) in [5.41, 5.74) is 6.14. The highest BCUT2D eigenvalue weighted by Gasteiger charge is 2.15. The van der Waals surface area contributed by atoms with Gasteiger partial charge in [0.15, 0.2) is 5.65 Å². The molecule has 10 heteroatoms. The molecule has 5 aromatic rings. The van der Waals surface area contributed by atoms with Crippen molar-refractivity contribution >= 4 is 39.9 Å². The van der Waals surface area contributed by atoms with Crippen LogP contribution in [0.15, 0.2) is 77.9 Å². The van der Waals surface area contributed by atoms with E-state index in [0.717, 1.165) is 16.5 Å². The molecule has 3 aromatic carbocycles. The van der Waals surface area contributed by atoms with Gasteiger partial charge < -0.3 is 9.67 Å². The topological polar surface area (TPSA) is 131 Å². The van der Waals surface area contributed by atoms with Gasteiger partial charge in [-0.2, -0.15) is 10.1 Å². The van der Waals surface area contributed by atoms with Crippen LogP contribution in [0.2, 0.25) is 0 Å². The van der Waals surface area contributed by atoms with Crippen molar-refractivity contribution in [3.63, 3.8) is 0 Å². The van der Waals surface area contributed by atoms with E-state index in [1.807, 2.05) is 54.6 Å². The number of aromatic hydroxyl groups is 1. The first-order chi connectivity index (χ1) is 16.1. The van der Waals surface area contributed by atoms with Gasteiger partial charge in [-0.25, -0.2) is 5.43 Å². The van der Waals surface area contributed by atoms with E-state index >= 15 is 0 Å². The molecule has 0 aliphatic carbocycles. The summed E-state index contributed by atoms with van der Waals surface area (Å²) < 4.78 is 2.07. The normalized spacial score (nSPS) is 11.4. The maximum atomic E-state index is 11.0. The average molecular weight is 439 g/mol. The minimum absolute atomic E-state index is 0.136. The molecule has 0 atom stereocenters. The van der Waals surface area contributed by atoms with Crippen LogP contribution in [-0.2, 0) is 6.54 Å². The first kappa shape index (κ1) is 20.1. The second-order valence-corrected chi connectivity index (χ2v) is 7.27. The Morgan fingerprint density at radius 2 is 1.85 bits per heavy atom. The number of nitro benzene ring substituents is 1. The molecule has 0 aliphatic rings. The second-order valence-electron chi connectivity index (χ2n) is 7.27. The minimum Gasteiger partial charge on any atom is -0.507 e. The van der Waals surface area contributed by atoms with Gasteiger partial charge in [0.1, 0.15) is 11.3 Å². The fourth-order valence-electron chi connectivity index (χ4n) is 3.60. The maximum Gasteiger partial charge on any atom is 0.270 e. The van der Waals surface area contributed by atoms with E-state index < -0.39 is 4.92 Å². The Hall–Kier alpha value is -4.86. The molecule has 0 fully saturated rings. The summed E-state index contributed by atoms with van der Waals surface area (Å²) in [5, 5.41) is 34.3. The summed E-state index contributed by atoms with van der Waals surface area (Å²) in [6.07, 6.45) is 1.26. The average Bonchev–Trinajstić information content (AvgIpc) is 3.14. The number of phenols is 1. The molecule has 0 saturated heterocycles. The lowest BCUT2D eigenvalue weighted by molar-refractivity contribution is -0.384. The Kier molecular flexibility index (Phi) is 5.07. The first-order valence-corrected chi connectivity index (χ1v) is 10.0. The number of anilines is 1. The lowest BCUT2D eigenvalue weighted by Crippen LogP contribution is -2.04. The van der Waals surface area contributed by atoms with Gasteiger partial charge in [0.25, 0.3) is 11.6 Å². The van der Waals surface area contributed by atoms with Crippen molar-refractivity contribution < 1.29 is 10.0 Å². The van der Waals surface area contributed by atoms with Crippen molar-refractivity contribution in [3.05, 3.63) is 94.0 Å². The third kappa shape index (κ3) is 3.92. The lowest BCUT2D eigenvalue weighted by atomic mass is 10.2. The van der Waals surface area contributed by atoms with E-state index in [4.69, 9.17) is 0 Å². The minimum atomic E-state index is -0.545. The molecule has 2 heterocycles. The Bertz CT molecular complexity index is 1510. The smallest absolute Gasteiger partial charge is 0.270 e. The zero-order valence-corrected chi connectivity index (χ0v) is 17.2. The van der Waals surface area contributed by atoms with Gasteiger partial charge in [-0.15, -0.1) is 10.2 Å². The van der Waals surface area contributed by atoms with Crippen molar-refractivity contribution in [2.24, 2.45) is 5.10 Å². The van der Waals surface area contributed by atoms with Crippen LogP contribution in [0.4, 0.5) is 11.6 Å². The molecule has 0 unspecified atom stereocenters. The van der Waals surface area contributed by atoms with Crippen LogP contribution >= 0.6 is 0 Å². The van der Waals surface area contributed by atoms with Crippen LogP contribution in [-0.4, -0.2) is 36.0 Å². The van der Waals surface area contributed by atoms with Gasteiger partial charge in [-0.05, 0) is 17.7 Å². The number of hydrazone groups is 1. The second kappa shape index (κ2) is 8.35. The zero-order valence-electron chi connectivity index (χ0n) is 17.2. The van der Waals surface area contributed by atoms with E-state index in [9.17, 15) is 15.2 Å². The highest BCUT2D eigenvalue weighted by Crippen LogP contribution is 2.27. The molecular weight excluding hydrogens is 422 g/mol. The van der Waals surface area contributed by atoms with E-state index in [1.165, 1.54) is 24.4 Å². The van der Waals surface area contributed by atoms with Crippen molar-refractivity contribution in [1.82, 2.24) is 19.7 Å². The summed E-state index contributed by atoms with van der Waals surface area (Å²) in [7, 11) is 0. The van der Waals surface area contributed by atoms with E-state index in [0.29, 0.717) is 17.7 Å². The summed E-state index contributed by atoms with van der Waals surface area (Å²) in [4.78, 5) is 15.0. The standard InChI is InChI=1S/C23H17N7O3/c31-20-11-10-17(30(32)33)12-16(20)13-24-27-23-25-22-21(26-28-23)18-8-4-5-9-19(18)29(22)14-15-6-2-1-3-7-15/h1-13,31H,14H2,(H,25,27,28)/b24-13-. The molecule has 0 spiro atoms. The van der Waals surface area contributed by atoms with Gasteiger partial charge in [0.05, 0.1) is 16.7 Å². The summed E-state index contributed by atoms with van der Waals surface area (Å²) in [6.45, 7) is 0.605. The van der Waals surface area contributed by atoms with Gasteiger partial charge in [0.2, 0.25) is 0 Å². The van der Waals surface area contributed by atoms with Crippen molar-refractivity contribution in [2.75, 3.05) is 5.43 Å². The van der Waals surface area contributed by atoms with Gasteiger partial charge >= 0.3 is 0 Å². The first-order valence-electron chi connectivity index (χ1n) is 10.0. The molecule has 33 heavy (non-hydrogen) atoms. The van der Waals surface area contributed by atoms with E-state index in [1.54, 1.807) is 0 Å². The monoisotopic (exact) mass is 439 g/mol. The number of benzene rings is 3. The van der Waals surface area contributed by atoms with E-state index in [-0.39, 0.29) is 22.9 Å². The molecular formula is C23H17N7O3. The molecule has 2 N–H and O–H groups in total. The van der Waals surface area contributed by atoms with Crippen molar-refractivity contribution in [2.45, 2.75) is 6.54 Å².